The van der Waals surface area contributed by atoms with E-state index in [0.29, 0.717) is 17.1 Å². The van der Waals surface area contributed by atoms with Crippen LogP contribution in [0.5, 0.6) is 0 Å². The van der Waals surface area contributed by atoms with Crippen molar-refractivity contribution in [2.45, 2.75) is 33.0 Å². The Kier molecular flexibility index (Phi) is 5.94. The van der Waals surface area contributed by atoms with Crippen molar-refractivity contribution in [1.82, 2.24) is 20.1 Å². The number of piperazine rings is 1. The molecule has 0 aliphatic carbocycles. The third-order valence-electron chi connectivity index (χ3n) is 6.14. The molecule has 2 aromatic heterocycles. The van der Waals surface area contributed by atoms with Gasteiger partial charge in [-0.2, -0.15) is 18.3 Å². The van der Waals surface area contributed by atoms with Crippen LogP contribution in [-0.4, -0.2) is 53.3 Å². The molecule has 0 bridgehead atoms. The van der Waals surface area contributed by atoms with Gasteiger partial charge in [-0.1, -0.05) is 12.1 Å². The summed E-state index contributed by atoms with van der Waals surface area (Å²) in [4.78, 5) is 9.20. The zero-order chi connectivity index (χ0) is 23.0. The minimum absolute atomic E-state index is 0.209. The number of aryl methyl sites for hydroxylation is 1. The molecule has 6 nitrogen and oxygen atoms in total. The number of hydrogen-bond donors (Lipinski definition) is 1. The van der Waals surface area contributed by atoms with Gasteiger partial charge in [-0.25, -0.2) is 0 Å². The van der Waals surface area contributed by atoms with E-state index in [1.165, 1.54) is 13.0 Å². The van der Waals surface area contributed by atoms with Gasteiger partial charge in [0.25, 0.3) is 0 Å². The van der Waals surface area contributed by atoms with Crippen molar-refractivity contribution in [3.05, 3.63) is 52.8 Å². The number of nitrogens with one attached hydrogen (secondary N) is 1. The lowest BCUT2D eigenvalue weighted by atomic mass is 9.97. The van der Waals surface area contributed by atoms with Crippen LogP contribution in [0.1, 0.15) is 35.3 Å². The maximum atomic E-state index is 13.4. The smallest absolute Gasteiger partial charge is 0.368 e. The van der Waals surface area contributed by atoms with E-state index < -0.39 is 17.8 Å². The van der Waals surface area contributed by atoms with Gasteiger partial charge in [-0.3, -0.25) is 4.98 Å². The second-order valence-corrected chi connectivity index (χ2v) is 8.40. The van der Waals surface area contributed by atoms with E-state index >= 15 is 0 Å². The number of benzene rings is 1. The Morgan fingerprint density at radius 1 is 1.06 bits per heavy atom. The first-order valence-corrected chi connectivity index (χ1v) is 10.6. The fourth-order valence-electron chi connectivity index (χ4n) is 4.21. The van der Waals surface area contributed by atoms with Crippen molar-refractivity contribution in [2.24, 2.45) is 0 Å². The summed E-state index contributed by atoms with van der Waals surface area (Å²) in [6.07, 6.45) is -2.54. The van der Waals surface area contributed by atoms with Crippen LogP contribution in [-0.2, 0) is 6.18 Å². The Morgan fingerprint density at radius 2 is 1.78 bits per heavy atom. The van der Waals surface area contributed by atoms with Crippen molar-refractivity contribution in [3.63, 3.8) is 0 Å². The van der Waals surface area contributed by atoms with Gasteiger partial charge in [0.15, 0.2) is 5.82 Å². The first-order valence-electron chi connectivity index (χ1n) is 10.6. The highest BCUT2D eigenvalue weighted by Crippen LogP contribution is 2.36. The molecule has 32 heavy (non-hydrogen) atoms. The molecule has 1 fully saturated rings. The van der Waals surface area contributed by atoms with Crippen molar-refractivity contribution in [2.75, 3.05) is 43.4 Å². The van der Waals surface area contributed by atoms with Crippen LogP contribution in [0.15, 0.2) is 30.5 Å². The second kappa shape index (κ2) is 8.54. The van der Waals surface area contributed by atoms with Gasteiger partial charge < -0.3 is 15.1 Å². The van der Waals surface area contributed by atoms with Crippen molar-refractivity contribution in [3.8, 4) is 0 Å². The molecule has 1 atom stereocenters. The number of aromatic nitrogens is 3. The molecule has 0 unspecified atom stereocenters. The molecule has 0 spiro atoms. The first-order chi connectivity index (χ1) is 15.1. The molecule has 3 aromatic rings. The van der Waals surface area contributed by atoms with Gasteiger partial charge in [0.05, 0.1) is 34.7 Å². The van der Waals surface area contributed by atoms with Crippen LogP contribution in [0.25, 0.3) is 10.9 Å². The fourth-order valence-corrected chi connectivity index (χ4v) is 4.21. The Bertz CT molecular complexity index is 1120. The monoisotopic (exact) mass is 444 g/mol. The quantitative estimate of drug-likeness (QED) is 0.636. The lowest BCUT2D eigenvalue weighted by Crippen LogP contribution is -2.44. The van der Waals surface area contributed by atoms with Gasteiger partial charge in [0.1, 0.15) is 0 Å². The van der Waals surface area contributed by atoms with Crippen LogP contribution in [0.4, 0.5) is 24.7 Å². The summed E-state index contributed by atoms with van der Waals surface area (Å²) in [5.74, 6) is 0.512. The summed E-state index contributed by atoms with van der Waals surface area (Å²) in [5.41, 5.74) is 2.59. The topological polar surface area (TPSA) is 57.2 Å². The largest absolute Gasteiger partial charge is 0.416 e. The zero-order valence-electron chi connectivity index (χ0n) is 18.7. The minimum atomic E-state index is -4.39. The third kappa shape index (κ3) is 4.34. The van der Waals surface area contributed by atoms with E-state index in [0.717, 1.165) is 48.8 Å². The number of hydrogen-bond acceptors (Lipinski definition) is 6. The molecule has 170 valence electrons. The average Bonchev–Trinajstić information content (AvgIpc) is 2.75. The molecule has 1 aliphatic heterocycles. The standard InChI is InChI=1S/C23H27F3N6/c1-14-18(6-5-7-20(14)23(24,25)26)15(2)28-22-19-12-17(32-10-8-31(4)9-11-32)13-27-21(19)16(3)29-30-22/h5-7,12-13,15H,8-11H2,1-4H3,(H,28,30)/t15-/m1/s1. The van der Waals surface area contributed by atoms with Crippen LogP contribution in [0.3, 0.4) is 0 Å². The molecule has 0 amide bonds. The van der Waals surface area contributed by atoms with Crippen molar-refractivity contribution < 1.29 is 13.2 Å². The number of alkyl halides is 3. The molecule has 1 aliphatic rings. The van der Waals surface area contributed by atoms with E-state index in [-0.39, 0.29) is 5.56 Å². The predicted octanol–water partition coefficient (Wildman–Crippen LogP) is 4.59. The Hall–Kier alpha value is -2.94. The molecule has 1 aromatic carbocycles. The normalized spacial score (nSPS) is 16.4. The van der Waals surface area contributed by atoms with E-state index in [1.807, 2.05) is 26.1 Å². The van der Waals surface area contributed by atoms with Gasteiger partial charge in [0, 0.05) is 31.6 Å². The SMILES string of the molecule is Cc1c([C@@H](C)Nc2nnc(C)c3ncc(N4CCN(C)CC4)cc23)cccc1C(F)(F)F. The summed E-state index contributed by atoms with van der Waals surface area (Å²) in [6.45, 7) is 8.94. The highest BCUT2D eigenvalue weighted by atomic mass is 19.4. The molecular weight excluding hydrogens is 417 g/mol. The minimum Gasteiger partial charge on any atom is -0.368 e. The second-order valence-electron chi connectivity index (χ2n) is 8.40. The van der Waals surface area contributed by atoms with E-state index in [4.69, 9.17) is 0 Å². The van der Waals surface area contributed by atoms with Crippen LogP contribution < -0.4 is 10.2 Å². The number of rotatable bonds is 4. The Morgan fingerprint density at radius 3 is 2.47 bits per heavy atom. The maximum absolute atomic E-state index is 13.4. The van der Waals surface area contributed by atoms with Gasteiger partial charge in [0.2, 0.25) is 0 Å². The third-order valence-corrected chi connectivity index (χ3v) is 6.14. The number of anilines is 2. The predicted molar refractivity (Wildman–Crippen MR) is 120 cm³/mol. The number of nitrogens with zero attached hydrogens (tertiary/aromatic N) is 5. The number of likely N-dealkylation sites (N-methyl/N-ethyl adjacent to an activating group) is 1. The molecule has 1 saturated heterocycles. The fraction of sp³-hybridized carbons (Fsp3) is 0.435. The highest BCUT2D eigenvalue weighted by Gasteiger charge is 2.33. The van der Waals surface area contributed by atoms with Crippen LogP contribution >= 0.6 is 0 Å². The Balaban J connectivity index is 1.69. The summed E-state index contributed by atoms with van der Waals surface area (Å²) in [7, 11) is 2.11. The molecule has 0 saturated carbocycles. The van der Waals surface area contributed by atoms with Crippen LogP contribution in [0.2, 0.25) is 0 Å². The van der Waals surface area contributed by atoms with E-state index in [2.05, 4.69) is 37.3 Å². The van der Waals surface area contributed by atoms with Crippen molar-refractivity contribution >= 4 is 22.4 Å². The summed E-state index contributed by atoms with van der Waals surface area (Å²) < 4.78 is 40.1. The average molecular weight is 445 g/mol. The Labute approximate surface area is 185 Å². The summed E-state index contributed by atoms with van der Waals surface area (Å²) in [6, 6.07) is 5.90. The molecule has 4 rings (SSSR count). The van der Waals surface area contributed by atoms with E-state index in [9.17, 15) is 13.2 Å². The highest BCUT2D eigenvalue weighted by molar-refractivity contribution is 5.92. The van der Waals surface area contributed by atoms with E-state index in [1.54, 1.807) is 6.07 Å². The lowest BCUT2D eigenvalue weighted by molar-refractivity contribution is -0.138. The summed E-state index contributed by atoms with van der Waals surface area (Å²) >= 11 is 0. The van der Waals surface area contributed by atoms with Gasteiger partial charge >= 0.3 is 6.18 Å². The first kappa shape index (κ1) is 22.3. The number of fused-ring (bicyclic) bond motifs is 1. The summed E-state index contributed by atoms with van der Waals surface area (Å²) in [5, 5.41) is 12.6. The van der Waals surface area contributed by atoms with Gasteiger partial charge in [-0.15, -0.1) is 5.10 Å². The number of pyridine rings is 1. The molecule has 1 N–H and O–H groups in total. The number of halogens is 3. The molecular formula is C23H27F3N6. The lowest BCUT2D eigenvalue weighted by Gasteiger charge is -2.34. The van der Waals surface area contributed by atoms with Gasteiger partial charge in [-0.05, 0) is 51.1 Å². The molecule has 9 heteroatoms. The maximum Gasteiger partial charge on any atom is 0.416 e. The zero-order valence-corrected chi connectivity index (χ0v) is 18.7. The van der Waals surface area contributed by atoms with Crippen LogP contribution in [0, 0.1) is 13.8 Å². The molecule has 3 heterocycles. The van der Waals surface area contributed by atoms with Crippen molar-refractivity contribution in [1.29, 1.82) is 0 Å². The molecule has 0 radical (unpaired) electrons.